The predicted molar refractivity (Wildman–Crippen MR) is 159 cm³/mol. The maximum Gasteiger partial charge on any atom is 0.255 e. The van der Waals surface area contributed by atoms with Gasteiger partial charge in [-0.15, -0.1) is 0 Å². The van der Waals surface area contributed by atoms with Crippen LogP contribution < -0.4 is 20.1 Å². The number of pyridine rings is 1. The Morgan fingerprint density at radius 2 is 1.74 bits per heavy atom. The number of rotatable bonds is 9. The van der Waals surface area contributed by atoms with E-state index in [4.69, 9.17) is 14.5 Å². The molecule has 3 N–H and O–H groups in total. The molecule has 0 aliphatic heterocycles. The van der Waals surface area contributed by atoms with Crippen molar-refractivity contribution < 1.29 is 23.8 Å². The molecule has 0 radical (unpaired) electrons. The number of fused-ring (bicyclic) bond motifs is 3. The Bertz CT molecular complexity index is 1560. The van der Waals surface area contributed by atoms with Gasteiger partial charge < -0.3 is 29.8 Å². The molecule has 0 spiro atoms. The average Bonchev–Trinajstić information content (AvgIpc) is 3.40. The van der Waals surface area contributed by atoms with Crippen LogP contribution in [0.4, 0.5) is 10.1 Å². The molecule has 2 aliphatic carbocycles. The molecule has 4 atom stereocenters. The molecule has 2 aliphatic rings. The summed E-state index contributed by atoms with van der Waals surface area (Å²) in [6.07, 6.45) is 8.20. The molecular weight excluding hydrogens is 535 g/mol. The first kappa shape index (κ1) is 28.0. The van der Waals surface area contributed by atoms with E-state index in [0.29, 0.717) is 35.4 Å². The Morgan fingerprint density at radius 3 is 2.45 bits per heavy atom. The van der Waals surface area contributed by atoms with E-state index in [2.05, 4.69) is 15.2 Å². The number of anilines is 1. The molecule has 2 aromatic carbocycles. The Balaban J connectivity index is 1.34. The lowest BCUT2D eigenvalue weighted by molar-refractivity contribution is 0.0358. The van der Waals surface area contributed by atoms with E-state index in [1.807, 2.05) is 30.5 Å². The number of nitrogens with one attached hydrogen (secondary N) is 2. The van der Waals surface area contributed by atoms with Gasteiger partial charge >= 0.3 is 0 Å². The number of carbonyl (C=O) groups excluding carboxylic acids is 1. The topological polar surface area (TPSA) is 97.6 Å². The molecule has 6 rings (SSSR count). The van der Waals surface area contributed by atoms with E-state index in [-0.39, 0.29) is 30.4 Å². The second-order valence-corrected chi connectivity index (χ2v) is 11.5. The second kappa shape index (κ2) is 12.0. The minimum absolute atomic E-state index is 0.172. The van der Waals surface area contributed by atoms with Crippen molar-refractivity contribution in [1.82, 2.24) is 14.9 Å². The van der Waals surface area contributed by atoms with Gasteiger partial charge in [-0.05, 0) is 79.0 Å². The molecular formula is C33H37FN4O4. The summed E-state index contributed by atoms with van der Waals surface area (Å²) in [6, 6.07) is 14.1. The van der Waals surface area contributed by atoms with E-state index in [1.54, 1.807) is 32.5 Å². The number of carbonyl (C=O) groups is 1. The third kappa shape index (κ3) is 5.66. The first-order chi connectivity index (χ1) is 20.4. The van der Waals surface area contributed by atoms with Gasteiger partial charge in [0, 0.05) is 36.9 Å². The van der Waals surface area contributed by atoms with Gasteiger partial charge in [0.25, 0.3) is 5.91 Å². The number of amides is 1. The lowest BCUT2D eigenvalue weighted by Gasteiger charge is -2.45. The fraction of sp³-hybridized carbons (Fsp3) is 0.394. The molecule has 4 aromatic rings. The van der Waals surface area contributed by atoms with Gasteiger partial charge in [-0.25, -0.2) is 9.37 Å². The zero-order chi connectivity index (χ0) is 29.2. The van der Waals surface area contributed by atoms with Crippen molar-refractivity contribution in [1.29, 1.82) is 0 Å². The zero-order valence-electron chi connectivity index (χ0n) is 24.0. The largest absolute Gasteiger partial charge is 0.493 e. The fourth-order valence-electron chi connectivity index (χ4n) is 6.76. The van der Waals surface area contributed by atoms with Crippen LogP contribution in [0.15, 0.2) is 60.9 Å². The molecule has 0 saturated heterocycles. The highest BCUT2D eigenvalue weighted by atomic mass is 19.1. The molecule has 1 amide bonds. The Kier molecular flexibility index (Phi) is 8.02. The zero-order valence-corrected chi connectivity index (χ0v) is 24.0. The Morgan fingerprint density at radius 1 is 1.02 bits per heavy atom. The molecule has 2 saturated carbocycles. The highest BCUT2D eigenvalue weighted by Gasteiger charge is 2.40. The van der Waals surface area contributed by atoms with Crippen molar-refractivity contribution in [2.75, 3.05) is 19.5 Å². The van der Waals surface area contributed by atoms with Crippen molar-refractivity contribution >= 4 is 22.6 Å². The van der Waals surface area contributed by atoms with Crippen molar-refractivity contribution in [3.63, 3.8) is 0 Å². The maximum atomic E-state index is 13.6. The number of aromatic nitrogens is 2. The summed E-state index contributed by atoms with van der Waals surface area (Å²) in [5.41, 5.74) is 3.84. The highest BCUT2D eigenvalue weighted by molar-refractivity contribution is 6.06. The Hall–Kier alpha value is -4.11. The summed E-state index contributed by atoms with van der Waals surface area (Å²) in [7, 11) is 3.23. The smallest absolute Gasteiger partial charge is 0.255 e. The lowest BCUT2D eigenvalue weighted by atomic mass is 9.67. The number of nitrogens with zero attached hydrogens (tertiary/aromatic N) is 2. The van der Waals surface area contributed by atoms with E-state index in [1.165, 1.54) is 18.6 Å². The SMILES string of the molecule is COc1ccc(Cn2ccc3c(N[C@H]4[C@@H]5CCC[C@H]4CC(O)C5)c(C(=O)NCc4ccc(F)cc4)cnc32)cc1OC. The van der Waals surface area contributed by atoms with Crippen LogP contribution in [0.3, 0.4) is 0 Å². The van der Waals surface area contributed by atoms with Crippen LogP contribution in [0.2, 0.25) is 0 Å². The molecule has 2 aromatic heterocycles. The van der Waals surface area contributed by atoms with Crippen molar-refractivity contribution in [3.05, 3.63) is 83.4 Å². The number of halogens is 1. The van der Waals surface area contributed by atoms with Crippen LogP contribution in [0.1, 0.15) is 53.6 Å². The number of hydrogen-bond acceptors (Lipinski definition) is 6. The van der Waals surface area contributed by atoms with E-state index in [0.717, 1.165) is 53.5 Å². The number of benzene rings is 2. The van der Waals surface area contributed by atoms with Gasteiger partial charge in [-0.2, -0.15) is 0 Å². The number of methoxy groups -OCH3 is 2. The molecule has 42 heavy (non-hydrogen) atoms. The fourth-order valence-corrected chi connectivity index (χ4v) is 6.76. The van der Waals surface area contributed by atoms with Crippen LogP contribution in [-0.2, 0) is 13.1 Å². The third-order valence-electron chi connectivity index (χ3n) is 8.83. The molecule has 2 fully saturated rings. The summed E-state index contributed by atoms with van der Waals surface area (Å²) >= 11 is 0. The third-order valence-corrected chi connectivity index (χ3v) is 8.83. The molecule has 1 unspecified atom stereocenters. The van der Waals surface area contributed by atoms with Gasteiger partial charge in [-0.3, -0.25) is 4.79 Å². The van der Waals surface area contributed by atoms with Crippen LogP contribution in [-0.4, -0.2) is 46.9 Å². The quantitative estimate of drug-likeness (QED) is 0.244. The standard InChI is InChI=1S/C33H37FN4O4/c1-41-28-11-8-21(14-29(28)42-2)19-38-13-12-26-31(37-30-22-4-3-5-23(30)16-25(39)15-22)27(18-35-32(26)38)33(40)36-17-20-6-9-24(34)10-7-20/h6-14,18,22-23,25,30,39H,3-5,15-17,19H2,1-2H3,(H,35,37)(H,36,40)/t22-,23+,25?,30+. The monoisotopic (exact) mass is 572 g/mol. The second-order valence-electron chi connectivity index (χ2n) is 11.5. The van der Waals surface area contributed by atoms with Crippen LogP contribution >= 0.6 is 0 Å². The van der Waals surface area contributed by atoms with Crippen LogP contribution in [0.25, 0.3) is 11.0 Å². The minimum Gasteiger partial charge on any atom is -0.493 e. The van der Waals surface area contributed by atoms with Crippen LogP contribution in [0, 0.1) is 17.7 Å². The summed E-state index contributed by atoms with van der Waals surface area (Å²) in [4.78, 5) is 18.3. The summed E-state index contributed by atoms with van der Waals surface area (Å²) in [5, 5.41) is 18.1. The van der Waals surface area contributed by atoms with Gasteiger partial charge in [0.1, 0.15) is 11.5 Å². The number of ether oxygens (including phenoxy) is 2. The van der Waals surface area contributed by atoms with Gasteiger partial charge in [-0.1, -0.05) is 24.6 Å². The lowest BCUT2D eigenvalue weighted by Crippen LogP contribution is -2.47. The summed E-state index contributed by atoms with van der Waals surface area (Å²) in [5.74, 6) is 1.46. The number of aliphatic hydroxyl groups excluding tert-OH is 1. The predicted octanol–water partition coefficient (Wildman–Crippen LogP) is 5.52. The average molecular weight is 573 g/mol. The van der Waals surface area contributed by atoms with Crippen molar-refractivity contribution in [3.8, 4) is 11.5 Å². The summed E-state index contributed by atoms with van der Waals surface area (Å²) in [6.45, 7) is 0.838. The molecule has 2 heterocycles. The molecule has 8 nitrogen and oxygen atoms in total. The summed E-state index contributed by atoms with van der Waals surface area (Å²) < 4.78 is 26.3. The van der Waals surface area contributed by atoms with E-state index >= 15 is 0 Å². The van der Waals surface area contributed by atoms with Crippen LogP contribution in [0.5, 0.6) is 11.5 Å². The van der Waals surface area contributed by atoms with E-state index < -0.39 is 0 Å². The highest BCUT2D eigenvalue weighted by Crippen LogP contribution is 2.43. The van der Waals surface area contributed by atoms with E-state index in [9.17, 15) is 14.3 Å². The first-order valence-electron chi connectivity index (χ1n) is 14.6. The number of hydrogen-bond donors (Lipinski definition) is 3. The van der Waals surface area contributed by atoms with Gasteiger partial charge in [0.15, 0.2) is 11.5 Å². The van der Waals surface area contributed by atoms with Gasteiger partial charge in [0.05, 0.1) is 31.6 Å². The Labute approximate surface area is 244 Å². The maximum absolute atomic E-state index is 13.6. The van der Waals surface area contributed by atoms with Crippen molar-refractivity contribution in [2.24, 2.45) is 11.8 Å². The molecule has 220 valence electrons. The molecule has 9 heteroatoms. The minimum atomic E-state index is -0.313. The first-order valence-corrected chi connectivity index (χ1v) is 14.6. The van der Waals surface area contributed by atoms with Gasteiger partial charge in [0.2, 0.25) is 0 Å². The molecule has 2 bridgehead atoms. The normalized spacial score (nSPS) is 21.6. The van der Waals surface area contributed by atoms with Crippen molar-refractivity contribution in [2.45, 2.75) is 57.3 Å². The number of aliphatic hydroxyl groups is 1.